The molecule has 0 bridgehead atoms. The van der Waals surface area contributed by atoms with Gasteiger partial charge in [-0.15, -0.1) is 6.58 Å². The van der Waals surface area contributed by atoms with Crippen molar-refractivity contribution in [3.8, 4) is 0 Å². The molecule has 0 saturated heterocycles. The second-order valence-corrected chi connectivity index (χ2v) is 4.00. The van der Waals surface area contributed by atoms with E-state index in [2.05, 4.69) is 6.58 Å². The van der Waals surface area contributed by atoms with Gasteiger partial charge in [0, 0.05) is 0 Å². The summed E-state index contributed by atoms with van der Waals surface area (Å²) in [5.74, 6) is 0.207. The van der Waals surface area contributed by atoms with Crippen LogP contribution < -0.4 is 29.6 Å². The fourth-order valence-corrected chi connectivity index (χ4v) is 1.52. The SMILES string of the molecule is C=CCC(C)(C)C[S-](=O)=O.[Na+]. The molecule has 0 aromatic carbocycles. The van der Waals surface area contributed by atoms with Crippen molar-refractivity contribution in [1.29, 1.82) is 0 Å². The molecule has 4 heteroatoms. The van der Waals surface area contributed by atoms with Crippen molar-refractivity contribution < 1.29 is 38.0 Å². The van der Waals surface area contributed by atoms with Crippen LogP contribution in [0.5, 0.6) is 0 Å². The third kappa shape index (κ3) is 8.60. The maximum Gasteiger partial charge on any atom is 1.00 e. The molecule has 60 valence electrons. The fourth-order valence-electron chi connectivity index (χ4n) is 0.769. The number of rotatable bonds is 4. The van der Waals surface area contributed by atoms with Gasteiger partial charge in [0.1, 0.15) is 0 Å². The summed E-state index contributed by atoms with van der Waals surface area (Å²) in [5.41, 5.74) is -0.158. The van der Waals surface area contributed by atoms with Crippen molar-refractivity contribution in [2.24, 2.45) is 5.41 Å². The molecule has 0 aromatic heterocycles. The van der Waals surface area contributed by atoms with Gasteiger partial charge in [-0.25, -0.2) is 0 Å². The zero-order valence-electron chi connectivity index (χ0n) is 7.42. The summed E-state index contributed by atoms with van der Waals surface area (Å²) in [6.07, 6.45) is 2.48. The van der Waals surface area contributed by atoms with E-state index in [0.717, 1.165) is 6.42 Å². The fraction of sp³-hybridized carbons (Fsp3) is 0.714. The van der Waals surface area contributed by atoms with E-state index in [1.165, 1.54) is 0 Å². The van der Waals surface area contributed by atoms with Crippen molar-refractivity contribution >= 4 is 10.7 Å². The van der Waals surface area contributed by atoms with Crippen molar-refractivity contribution in [3.05, 3.63) is 12.7 Å². The maximum atomic E-state index is 10.3. The molecule has 0 rings (SSSR count). The first-order valence-electron chi connectivity index (χ1n) is 3.15. The maximum absolute atomic E-state index is 10.3. The van der Waals surface area contributed by atoms with Gasteiger partial charge < -0.3 is 8.42 Å². The Kier molecular flexibility index (Phi) is 8.06. The molecule has 0 heterocycles. The quantitative estimate of drug-likeness (QED) is 0.316. The Bertz CT molecular complexity index is 177. The minimum absolute atomic E-state index is 0. The third-order valence-corrected chi connectivity index (χ3v) is 2.22. The summed E-state index contributed by atoms with van der Waals surface area (Å²) < 4.78 is 20.5. The minimum Gasteiger partial charge on any atom is -0.424 e. The van der Waals surface area contributed by atoms with Crippen LogP contribution in [0.2, 0.25) is 0 Å². The Morgan fingerprint density at radius 1 is 1.45 bits per heavy atom. The summed E-state index contributed by atoms with van der Waals surface area (Å²) in [6, 6.07) is 0. The van der Waals surface area contributed by atoms with E-state index in [-0.39, 0.29) is 40.7 Å². The molecule has 0 aliphatic rings. The minimum atomic E-state index is -1.93. The largest absolute Gasteiger partial charge is 1.00 e. The predicted octanol–water partition coefficient (Wildman–Crippen LogP) is -1.10. The Labute approximate surface area is 92.3 Å². The Morgan fingerprint density at radius 2 is 1.91 bits per heavy atom. The van der Waals surface area contributed by atoms with Gasteiger partial charge in [-0.3, -0.25) is 0 Å². The Balaban J connectivity index is 0. The van der Waals surface area contributed by atoms with E-state index < -0.39 is 10.7 Å². The van der Waals surface area contributed by atoms with Crippen LogP contribution in [0.25, 0.3) is 0 Å². The Hall–Kier alpha value is 0.690. The summed E-state index contributed by atoms with van der Waals surface area (Å²) in [5, 5.41) is 0. The summed E-state index contributed by atoms with van der Waals surface area (Å²) in [4.78, 5) is 0. The molecule has 11 heavy (non-hydrogen) atoms. The van der Waals surface area contributed by atoms with Crippen LogP contribution >= 0.6 is 0 Å². The number of hydrogen-bond donors (Lipinski definition) is 0. The topological polar surface area (TPSA) is 34.1 Å². The molecule has 0 spiro atoms. The molecule has 0 amide bonds. The Morgan fingerprint density at radius 3 is 2.18 bits per heavy atom. The third-order valence-electron chi connectivity index (χ3n) is 1.21. The predicted molar refractivity (Wildman–Crippen MR) is 42.2 cm³/mol. The molecular formula is C7H13NaO2S. The first-order chi connectivity index (χ1) is 4.48. The average Bonchev–Trinajstić information content (AvgIpc) is 1.59. The van der Waals surface area contributed by atoms with Crippen molar-refractivity contribution in [3.63, 3.8) is 0 Å². The van der Waals surface area contributed by atoms with E-state index in [0.29, 0.717) is 0 Å². The van der Waals surface area contributed by atoms with E-state index in [1.807, 2.05) is 13.8 Å². The molecule has 0 saturated carbocycles. The summed E-state index contributed by atoms with van der Waals surface area (Å²) in [7, 11) is -1.93. The molecule has 0 fully saturated rings. The van der Waals surface area contributed by atoms with Crippen molar-refractivity contribution in [2.75, 3.05) is 5.75 Å². The average molecular weight is 184 g/mol. The molecule has 2 nitrogen and oxygen atoms in total. The monoisotopic (exact) mass is 184 g/mol. The molecular weight excluding hydrogens is 171 g/mol. The van der Waals surface area contributed by atoms with Gasteiger partial charge in [-0.2, -0.15) is 0 Å². The van der Waals surface area contributed by atoms with Crippen LogP contribution in [0.15, 0.2) is 12.7 Å². The van der Waals surface area contributed by atoms with Crippen molar-refractivity contribution in [2.45, 2.75) is 20.3 Å². The van der Waals surface area contributed by atoms with E-state index in [1.54, 1.807) is 6.08 Å². The number of hydrogen-bond acceptors (Lipinski definition) is 3. The number of allylic oxidation sites excluding steroid dienone is 1. The zero-order valence-corrected chi connectivity index (χ0v) is 10.2. The normalized spacial score (nSPS) is 10.8. The van der Waals surface area contributed by atoms with Crippen LogP contribution in [0.3, 0.4) is 0 Å². The zero-order chi connectivity index (χ0) is 8.20. The first-order valence-corrected chi connectivity index (χ1v) is 4.39. The van der Waals surface area contributed by atoms with Crippen LogP contribution in [0, 0.1) is 5.41 Å². The summed E-state index contributed by atoms with van der Waals surface area (Å²) in [6.45, 7) is 7.37. The van der Waals surface area contributed by atoms with Gasteiger partial charge in [0.05, 0.1) is 0 Å². The van der Waals surface area contributed by atoms with Crippen LogP contribution in [-0.2, 0) is 19.1 Å². The van der Waals surface area contributed by atoms with E-state index in [9.17, 15) is 8.42 Å². The smallest absolute Gasteiger partial charge is 0.424 e. The second kappa shape index (κ2) is 6.23. The van der Waals surface area contributed by atoms with Gasteiger partial charge in [0.25, 0.3) is 0 Å². The van der Waals surface area contributed by atoms with Crippen LogP contribution in [0.4, 0.5) is 0 Å². The molecule has 0 aromatic rings. The molecule has 0 radical (unpaired) electrons. The van der Waals surface area contributed by atoms with Gasteiger partial charge in [-0.1, -0.05) is 36.4 Å². The molecule has 0 N–H and O–H groups in total. The van der Waals surface area contributed by atoms with Gasteiger partial charge in [0.15, 0.2) is 0 Å². The second-order valence-electron chi connectivity index (χ2n) is 3.11. The van der Waals surface area contributed by atoms with Gasteiger partial charge in [0.2, 0.25) is 0 Å². The molecule has 0 aliphatic carbocycles. The van der Waals surface area contributed by atoms with Crippen LogP contribution in [0.1, 0.15) is 20.3 Å². The van der Waals surface area contributed by atoms with E-state index in [4.69, 9.17) is 0 Å². The van der Waals surface area contributed by atoms with Gasteiger partial charge in [-0.05, 0) is 11.8 Å². The van der Waals surface area contributed by atoms with Gasteiger partial charge >= 0.3 is 29.6 Å². The standard InChI is InChI=1S/C7H13O2S.Na/c1-4-5-7(2,3)6-10(8)9;/h4H,1,5-6H2,2-3H3;/q-1;+1. The molecule has 0 unspecified atom stereocenters. The molecule has 0 aliphatic heterocycles. The first kappa shape index (κ1) is 14.2. The molecule has 0 atom stereocenters. The summed E-state index contributed by atoms with van der Waals surface area (Å²) >= 11 is 0. The van der Waals surface area contributed by atoms with E-state index >= 15 is 0 Å². The van der Waals surface area contributed by atoms with Crippen LogP contribution in [-0.4, -0.2) is 5.75 Å². The van der Waals surface area contributed by atoms with Crippen molar-refractivity contribution in [1.82, 2.24) is 0 Å².